The second-order valence-corrected chi connectivity index (χ2v) is 6.63. The van der Waals surface area contributed by atoms with Crippen LogP contribution in [0.25, 0.3) is 0 Å². The predicted octanol–water partition coefficient (Wildman–Crippen LogP) is 3.70. The van der Waals surface area contributed by atoms with Crippen LogP contribution in [0, 0.1) is 5.82 Å². The average molecular weight is 397 g/mol. The normalized spacial score (nSPS) is 15.7. The van der Waals surface area contributed by atoms with Crippen molar-refractivity contribution in [2.75, 3.05) is 18.0 Å². The van der Waals surface area contributed by atoms with Crippen molar-refractivity contribution in [3.05, 3.63) is 53.5 Å². The molecule has 0 aliphatic carbocycles. The van der Waals surface area contributed by atoms with E-state index in [4.69, 9.17) is 4.74 Å². The van der Waals surface area contributed by atoms with E-state index in [2.05, 4.69) is 10.3 Å². The molecule has 1 N–H and O–H groups in total. The number of ether oxygens (including phenoxy) is 1. The molecular formula is C19H19F4N3O2. The zero-order valence-corrected chi connectivity index (χ0v) is 15.3. The molecule has 1 fully saturated rings. The van der Waals surface area contributed by atoms with Crippen molar-refractivity contribution in [3.8, 4) is 5.75 Å². The largest absolute Gasteiger partial charge is 0.487 e. The maximum absolute atomic E-state index is 14.1. The van der Waals surface area contributed by atoms with Crippen molar-refractivity contribution in [1.82, 2.24) is 10.3 Å². The third-order valence-electron chi connectivity index (χ3n) is 4.43. The van der Waals surface area contributed by atoms with E-state index in [1.807, 2.05) is 19.1 Å². The number of nitrogens with zero attached hydrogens (tertiary/aromatic N) is 2. The van der Waals surface area contributed by atoms with Gasteiger partial charge in [-0.1, -0.05) is 12.1 Å². The maximum Gasteiger partial charge on any atom is 0.419 e. The number of nitrogens with one attached hydrogen (secondary N) is 1. The highest BCUT2D eigenvalue weighted by atomic mass is 19.4. The first kappa shape index (κ1) is 19.9. The van der Waals surface area contributed by atoms with Gasteiger partial charge in [0.15, 0.2) is 11.6 Å². The van der Waals surface area contributed by atoms with Gasteiger partial charge < -0.3 is 15.0 Å². The topological polar surface area (TPSA) is 54.5 Å². The van der Waals surface area contributed by atoms with Crippen LogP contribution in [0.15, 0.2) is 36.5 Å². The summed E-state index contributed by atoms with van der Waals surface area (Å²) in [6.07, 6.45) is -4.10. The second kappa shape index (κ2) is 7.65. The molecule has 1 saturated heterocycles. The zero-order valence-electron chi connectivity index (χ0n) is 15.3. The van der Waals surface area contributed by atoms with Crippen LogP contribution < -0.4 is 15.0 Å². The summed E-state index contributed by atoms with van der Waals surface area (Å²) in [4.78, 5) is 16.2. The van der Waals surface area contributed by atoms with Gasteiger partial charge in [-0.2, -0.15) is 13.2 Å². The van der Waals surface area contributed by atoms with Gasteiger partial charge in [-0.25, -0.2) is 9.37 Å². The Morgan fingerprint density at radius 3 is 2.46 bits per heavy atom. The molecule has 2 heterocycles. The van der Waals surface area contributed by atoms with Crippen LogP contribution in [0.3, 0.4) is 0 Å². The van der Waals surface area contributed by atoms with Gasteiger partial charge in [0.05, 0.1) is 24.7 Å². The van der Waals surface area contributed by atoms with Crippen molar-refractivity contribution in [2.24, 2.45) is 0 Å². The number of hydrogen-bond donors (Lipinski definition) is 1. The molecule has 0 unspecified atom stereocenters. The van der Waals surface area contributed by atoms with E-state index in [0.717, 1.165) is 11.8 Å². The molecular weight excluding hydrogens is 378 g/mol. The quantitative estimate of drug-likeness (QED) is 0.782. The van der Waals surface area contributed by atoms with Crippen LogP contribution >= 0.6 is 0 Å². The van der Waals surface area contributed by atoms with Crippen molar-refractivity contribution >= 4 is 11.7 Å². The summed E-state index contributed by atoms with van der Waals surface area (Å²) in [5.74, 6) is -1.24. The van der Waals surface area contributed by atoms with Crippen molar-refractivity contribution in [3.63, 3.8) is 0 Å². The van der Waals surface area contributed by atoms with E-state index in [1.54, 1.807) is 12.1 Å². The number of hydrogen-bond acceptors (Lipinski definition) is 4. The van der Waals surface area contributed by atoms with Gasteiger partial charge in [-0.3, -0.25) is 4.79 Å². The molecule has 150 valence electrons. The van der Waals surface area contributed by atoms with Crippen LogP contribution in [0.5, 0.6) is 5.75 Å². The summed E-state index contributed by atoms with van der Waals surface area (Å²) in [7, 11) is 0. The number of halogens is 4. The smallest absolute Gasteiger partial charge is 0.419 e. The van der Waals surface area contributed by atoms with E-state index < -0.39 is 17.6 Å². The molecule has 1 atom stereocenters. The monoisotopic (exact) mass is 397 g/mol. The minimum Gasteiger partial charge on any atom is -0.487 e. The molecule has 9 heteroatoms. The van der Waals surface area contributed by atoms with E-state index in [-0.39, 0.29) is 37.0 Å². The number of alkyl halides is 3. The van der Waals surface area contributed by atoms with Gasteiger partial charge in [0, 0.05) is 13.1 Å². The number of amides is 1. The first-order chi connectivity index (χ1) is 13.1. The van der Waals surface area contributed by atoms with Crippen LogP contribution in [0.1, 0.15) is 31.0 Å². The maximum atomic E-state index is 14.1. The SMILES string of the molecule is CC(=O)N[C@@H](C)c1ccc(OC2CN(c3nccc(C(F)(F)F)c3F)C2)cc1. The fraction of sp³-hybridized carbons (Fsp3) is 0.368. The highest BCUT2D eigenvalue weighted by molar-refractivity contribution is 5.73. The number of carbonyl (C=O) groups is 1. The Morgan fingerprint density at radius 1 is 1.25 bits per heavy atom. The summed E-state index contributed by atoms with van der Waals surface area (Å²) < 4.78 is 58.3. The van der Waals surface area contributed by atoms with E-state index in [1.165, 1.54) is 11.8 Å². The molecule has 0 bridgehead atoms. The Bertz CT molecular complexity index is 849. The molecule has 1 aromatic heterocycles. The first-order valence-electron chi connectivity index (χ1n) is 8.65. The fourth-order valence-corrected chi connectivity index (χ4v) is 2.97. The van der Waals surface area contributed by atoms with Crippen LogP contribution in [-0.4, -0.2) is 30.1 Å². The Kier molecular flexibility index (Phi) is 5.44. The summed E-state index contributed by atoms with van der Waals surface area (Å²) >= 11 is 0. The lowest BCUT2D eigenvalue weighted by molar-refractivity contribution is -0.140. The summed E-state index contributed by atoms with van der Waals surface area (Å²) in [5, 5.41) is 2.78. The Hall–Kier alpha value is -2.84. The molecule has 0 saturated carbocycles. The minimum atomic E-state index is -4.77. The summed E-state index contributed by atoms with van der Waals surface area (Å²) in [6, 6.07) is 7.62. The lowest BCUT2D eigenvalue weighted by Crippen LogP contribution is -2.54. The lowest BCUT2D eigenvalue weighted by atomic mass is 10.1. The molecule has 2 aromatic rings. The number of benzene rings is 1. The summed E-state index contributed by atoms with van der Waals surface area (Å²) in [5.41, 5.74) is -0.418. The Morgan fingerprint density at radius 2 is 1.89 bits per heavy atom. The molecule has 1 aliphatic heterocycles. The standard InChI is InChI=1S/C19H19F4N3O2/c1-11(25-12(2)27)13-3-5-14(6-4-13)28-15-9-26(10-15)18-17(20)16(7-8-24-18)19(21,22)23/h3-8,11,15H,9-10H2,1-2H3,(H,25,27)/t11-/m0/s1. The Labute approximate surface area is 159 Å². The van der Waals surface area contributed by atoms with Crippen molar-refractivity contribution in [2.45, 2.75) is 32.2 Å². The minimum absolute atomic E-state index is 0.127. The van der Waals surface area contributed by atoms with E-state index in [0.29, 0.717) is 11.8 Å². The third kappa shape index (κ3) is 4.35. The fourth-order valence-electron chi connectivity index (χ4n) is 2.97. The van der Waals surface area contributed by atoms with Gasteiger partial charge in [0.1, 0.15) is 11.9 Å². The van der Waals surface area contributed by atoms with Gasteiger partial charge >= 0.3 is 6.18 Å². The van der Waals surface area contributed by atoms with E-state index in [9.17, 15) is 22.4 Å². The molecule has 1 amide bonds. The summed E-state index contributed by atoms with van der Waals surface area (Å²) in [6.45, 7) is 3.76. The van der Waals surface area contributed by atoms with Crippen molar-refractivity contribution in [1.29, 1.82) is 0 Å². The molecule has 1 aliphatic rings. The van der Waals surface area contributed by atoms with Gasteiger partial charge in [-0.05, 0) is 30.7 Å². The number of aromatic nitrogens is 1. The molecule has 1 aromatic carbocycles. The predicted molar refractivity (Wildman–Crippen MR) is 94.5 cm³/mol. The third-order valence-corrected chi connectivity index (χ3v) is 4.43. The lowest BCUT2D eigenvalue weighted by Gasteiger charge is -2.40. The van der Waals surface area contributed by atoms with Gasteiger partial charge in [-0.15, -0.1) is 0 Å². The molecule has 28 heavy (non-hydrogen) atoms. The second-order valence-electron chi connectivity index (χ2n) is 6.63. The van der Waals surface area contributed by atoms with Crippen molar-refractivity contribution < 1.29 is 27.1 Å². The highest BCUT2D eigenvalue weighted by Gasteiger charge is 2.38. The average Bonchev–Trinajstić information content (AvgIpc) is 2.57. The number of anilines is 1. The molecule has 3 rings (SSSR count). The first-order valence-corrected chi connectivity index (χ1v) is 8.65. The number of carbonyl (C=O) groups excluding carboxylic acids is 1. The number of rotatable bonds is 5. The zero-order chi connectivity index (χ0) is 20.5. The van der Waals surface area contributed by atoms with Gasteiger partial charge in [0.25, 0.3) is 0 Å². The molecule has 5 nitrogen and oxygen atoms in total. The Balaban J connectivity index is 1.59. The van der Waals surface area contributed by atoms with Crippen LogP contribution in [-0.2, 0) is 11.0 Å². The van der Waals surface area contributed by atoms with E-state index >= 15 is 0 Å². The van der Waals surface area contributed by atoms with Crippen LogP contribution in [0.4, 0.5) is 23.4 Å². The highest BCUT2D eigenvalue weighted by Crippen LogP contribution is 2.35. The molecule has 0 radical (unpaired) electrons. The molecule has 0 spiro atoms. The van der Waals surface area contributed by atoms with Crippen LogP contribution in [0.2, 0.25) is 0 Å². The number of pyridine rings is 1. The van der Waals surface area contributed by atoms with Gasteiger partial charge in [0.2, 0.25) is 5.91 Å².